The van der Waals surface area contributed by atoms with E-state index in [9.17, 15) is 16.8 Å². The summed E-state index contributed by atoms with van der Waals surface area (Å²) >= 11 is 0.961. The molecule has 0 radical (unpaired) electrons. The number of benzene rings is 1. The van der Waals surface area contributed by atoms with Crippen molar-refractivity contribution in [3.05, 3.63) is 18.2 Å². The molecule has 0 bridgehead atoms. The molecule has 1 fully saturated rings. The number of aromatic nitrogens is 2. The van der Waals surface area contributed by atoms with Gasteiger partial charge in [-0.1, -0.05) is 13.0 Å². The van der Waals surface area contributed by atoms with Crippen LogP contribution in [0.5, 0.6) is 0 Å². The van der Waals surface area contributed by atoms with Gasteiger partial charge in [-0.3, -0.25) is 0 Å². The van der Waals surface area contributed by atoms with Crippen molar-refractivity contribution in [1.82, 2.24) is 13.1 Å². The molecule has 0 spiro atoms. The predicted octanol–water partition coefficient (Wildman–Crippen LogP) is 1.28. The van der Waals surface area contributed by atoms with Crippen molar-refractivity contribution in [2.45, 2.75) is 30.7 Å². The quantitative estimate of drug-likeness (QED) is 0.781. The molecule has 1 aromatic heterocycles. The van der Waals surface area contributed by atoms with Crippen LogP contribution in [0.3, 0.4) is 0 Å². The van der Waals surface area contributed by atoms with Crippen LogP contribution >= 0.6 is 11.7 Å². The first-order valence-corrected chi connectivity index (χ1v) is 11.3. The van der Waals surface area contributed by atoms with Crippen LogP contribution in [0.4, 0.5) is 0 Å². The van der Waals surface area contributed by atoms with E-state index >= 15 is 0 Å². The third kappa shape index (κ3) is 3.12. The van der Waals surface area contributed by atoms with Gasteiger partial charge in [0.2, 0.25) is 10.0 Å². The molecule has 1 saturated heterocycles. The molecule has 0 saturated carbocycles. The van der Waals surface area contributed by atoms with Crippen LogP contribution in [-0.2, 0) is 19.9 Å². The normalized spacial score (nSPS) is 21.2. The van der Waals surface area contributed by atoms with Gasteiger partial charge in [0.25, 0.3) is 0 Å². The Labute approximate surface area is 139 Å². The largest absolute Gasteiger partial charge is 0.245 e. The average Bonchev–Trinajstić information content (AvgIpc) is 3.09. The van der Waals surface area contributed by atoms with Crippen molar-refractivity contribution < 1.29 is 16.8 Å². The molecular weight excluding hydrogens is 358 g/mol. The van der Waals surface area contributed by atoms with Crippen molar-refractivity contribution in [2.24, 2.45) is 0 Å². The molecule has 10 heteroatoms. The molecule has 126 valence electrons. The molecule has 3 rings (SSSR count). The number of rotatable bonds is 5. The zero-order valence-corrected chi connectivity index (χ0v) is 15.0. The van der Waals surface area contributed by atoms with E-state index in [1.807, 2.05) is 6.92 Å². The number of hydrogen-bond acceptors (Lipinski definition) is 7. The maximum atomic E-state index is 13.1. The Morgan fingerprint density at radius 2 is 2.13 bits per heavy atom. The van der Waals surface area contributed by atoms with Gasteiger partial charge in [0, 0.05) is 12.6 Å². The van der Waals surface area contributed by atoms with Gasteiger partial charge in [-0.2, -0.15) is 13.1 Å². The standard InChI is InChI=1S/C13H17N3O4S3/c1-2-7-16(10-6-8-22(17,18)9-10)23(19,20)12-5-3-4-11-13(12)15-21-14-11/h3-5,10H,2,6-9H2,1H3/t10-/m0/s1. The molecule has 1 aliphatic rings. The lowest BCUT2D eigenvalue weighted by molar-refractivity contribution is 0.340. The molecule has 1 aromatic carbocycles. The van der Waals surface area contributed by atoms with Crippen molar-refractivity contribution >= 4 is 42.6 Å². The van der Waals surface area contributed by atoms with E-state index in [2.05, 4.69) is 8.75 Å². The lowest BCUT2D eigenvalue weighted by Crippen LogP contribution is -2.41. The smallest absolute Gasteiger partial charge is 0.229 e. The van der Waals surface area contributed by atoms with Crippen LogP contribution in [0, 0.1) is 0 Å². The first-order chi connectivity index (χ1) is 10.8. The summed E-state index contributed by atoms with van der Waals surface area (Å²) in [5.74, 6) is -0.0760. The summed E-state index contributed by atoms with van der Waals surface area (Å²) in [6, 6.07) is 4.34. The first-order valence-electron chi connectivity index (χ1n) is 7.29. The third-order valence-corrected chi connectivity index (χ3v) is 8.17. The second-order valence-corrected chi connectivity index (χ2v) is 10.2. The highest BCUT2D eigenvalue weighted by Crippen LogP contribution is 2.29. The summed E-state index contributed by atoms with van der Waals surface area (Å²) in [4.78, 5) is 0.0986. The van der Waals surface area contributed by atoms with Gasteiger partial charge in [0.05, 0.1) is 23.2 Å². The van der Waals surface area contributed by atoms with Crippen LogP contribution < -0.4 is 0 Å². The van der Waals surface area contributed by atoms with Crippen LogP contribution in [0.25, 0.3) is 11.0 Å². The molecule has 7 nitrogen and oxygen atoms in total. The number of nitrogens with zero attached hydrogens (tertiary/aromatic N) is 3. The second-order valence-electron chi connectivity index (χ2n) is 5.56. The van der Waals surface area contributed by atoms with Crippen molar-refractivity contribution in [3.8, 4) is 0 Å². The maximum Gasteiger partial charge on any atom is 0.245 e. The van der Waals surface area contributed by atoms with Crippen LogP contribution in [0.15, 0.2) is 23.1 Å². The van der Waals surface area contributed by atoms with Gasteiger partial charge >= 0.3 is 0 Å². The van der Waals surface area contributed by atoms with E-state index < -0.39 is 25.9 Å². The van der Waals surface area contributed by atoms with Crippen LogP contribution in [0.1, 0.15) is 19.8 Å². The summed E-state index contributed by atoms with van der Waals surface area (Å²) in [6.07, 6.45) is 0.952. The summed E-state index contributed by atoms with van der Waals surface area (Å²) in [7, 11) is -6.99. The average molecular weight is 375 g/mol. The van der Waals surface area contributed by atoms with Gasteiger partial charge in [-0.05, 0) is 25.0 Å². The second kappa shape index (κ2) is 6.08. The van der Waals surface area contributed by atoms with E-state index in [-0.39, 0.29) is 22.9 Å². The van der Waals surface area contributed by atoms with Crippen LogP contribution in [-0.4, -0.2) is 54.0 Å². The number of sulfonamides is 1. The highest BCUT2D eigenvalue weighted by molar-refractivity contribution is 7.92. The molecule has 0 N–H and O–H groups in total. The minimum absolute atomic E-state index is 0.0376. The Morgan fingerprint density at radius 3 is 2.78 bits per heavy atom. The minimum Gasteiger partial charge on any atom is -0.229 e. The molecule has 0 unspecified atom stereocenters. The van der Waals surface area contributed by atoms with E-state index in [1.165, 1.54) is 10.4 Å². The van der Waals surface area contributed by atoms with Crippen molar-refractivity contribution in [2.75, 3.05) is 18.1 Å². The molecule has 23 heavy (non-hydrogen) atoms. The molecule has 1 atom stereocenters. The zero-order valence-electron chi connectivity index (χ0n) is 12.5. The monoisotopic (exact) mass is 375 g/mol. The van der Waals surface area contributed by atoms with Crippen molar-refractivity contribution in [3.63, 3.8) is 0 Å². The van der Waals surface area contributed by atoms with Crippen molar-refractivity contribution in [1.29, 1.82) is 0 Å². The van der Waals surface area contributed by atoms with Gasteiger partial charge in [0.15, 0.2) is 9.84 Å². The zero-order chi connectivity index (χ0) is 16.7. The fraction of sp³-hybridized carbons (Fsp3) is 0.538. The number of fused-ring (bicyclic) bond motifs is 1. The molecule has 2 aromatic rings. The predicted molar refractivity (Wildman–Crippen MR) is 88.7 cm³/mol. The number of hydrogen-bond donors (Lipinski definition) is 0. The highest BCUT2D eigenvalue weighted by Gasteiger charge is 2.39. The minimum atomic E-state index is -3.82. The lowest BCUT2D eigenvalue weighted by Gasteiger charge is -2.27. The summed E-state index contributed by atoms with van der Waals surface area (Å²) in [5, 5.41) is 0. The molecule has 0 amide bonds. The Kier molecular flexibility index (Phi) is 4.43. The van der Waals surface area contributed by atoms with Gasteiger partial charge in [0.1, 0.15) is 15.9 Å². The van der Waals surface area contributed by atoms with Crippen LogP contribution in [0.2, 0.25) is 0 Å². The Morgan fingerprint density at radius 1 is 1.35 bits per heavy atom. The molecule has 2 heterocycles. The fourth-order valence-electron chi connectivity index (χ4n) is 2.84. The Balaban J connectivity index is 2.06. The van der Waals surface area contributed by atoms with E-state index in [0.717, 1.165) is 11.7 Å². The van der Waals surface area contributed by atoms with E-state index in [0.29, 0.717) is 23.9 Å². The summed E-state index contributed by atoms with van der Waals surface area (Å²) < 4.78 is 59.2. The Bertz CT molecular complexity index is 921. The Hall–Kier alpha value is -1.10. The lowest BCUT2D eigenvalue weighted by atomic mass is 10.2. The number of sulfone groups is 1. The van der Waals surface area contributed by atoms with E-state index in [1.54, 1.807) is 12.1 Å². The third-order valence-electron chi connectivity index (χ3n) is 3.90. The molecular formula is C13H17N3O4S3. The van der Waals surface area contributed by atoms with Gasteiger partial charge in [-0.15, -0.1) is 0 Å². The molecule has 1 aliphatic heterocycles. The summed E-state index contributed by atoms with van der Waals surface area (Å²) in [5.41, 5.74) is 0.881. The topological polar surface area (TPSA) is 97.3 Å². The molecule has 0 aliphatic carbocycles. The SMILES string of the molecule is CCCN([C@H]1CCS(=O)(=O)C1)S(=O)(=O)c1cccc2nsnc12. The van der Waals surface area contributed by atoms with Gasteiger partial charge < -0.3 is 0 Å². The van der Waals surface area contributed by atoms with E-state index in [4.69, 9.17) is 0 Å². The first kappa shape index (κ1) is 16.7. The van der Waals surface area contributed by atoms with Gasteiger partial charge in [-0.25, -0.2) is 16.8 Å². The summed E-state index contributed by atoms with van der Waals surface area (Å²) in [6.45, 7) is 2.16. The maximum absolute atomic E-state index is 13.1. The highest BCUT2D eigenvalue weighted by atomic mass is 32.2. The fourth-order valence-corrected chi connectivity index (χ4v) is 7.16.